The second kappa shape index (κ2) is 5.32. The van der Waals surface area contributed by atoms with Gasteiger partial charge in [0.05, 0.1) is 6.04 Å². The van der Waals surface area contributed by atoms with Crippen molar-refractivity contribution < 1.29 is 4.79 Å². The van der Waals surface area contributed by atoms with Crippen LogP contribution in [0, 0.1) is 5.92 Å². The number of hydrogen-bond acceptors (Lipinski definition) is 3. The highest BCUT2D eigenvalue weighted by molar-refractivity contribution is 5.80. The van der Waals surface area contributed by atoms with Crippen LogP contribution in [-0.2, 0) is 4.79 Å². The molecule has 1 saturated heterocycles. The van der Waals surface area contributed by atoms with Crippen molar-refractivity contribution in [2.75, 3.05) is 26.2 Å². The number of carbonyl (C=O) groups excluding carboxylic acids is 1. The number of hydrogen-bond donors (Lipinski definition) is 2. The maximum absolute atomic E-state index is 11.2. The molecule has 0 saturated carbocycles. The molecule has 1 aliphatic rings. The molecule has 4 nitrogen and oxygen atoms in total. The van der Waals surface area contributed by atoms with E-state index >= 15 is 0 Å². The van der Waals surface area contributed by atoms with Crippen molar-refractivity contribution in [1.29, 1.82) is 0 Å². The number of carbonyl (C=O) groups is 1. The van der Waals surface area contributed by atoms with Crippen molar-refractivity contribution >= 4 is 5.91 Å². The summed E-state index contributed by atoms with van der Waals surface area (Å²) in [5.74, 6) is 0.567. The van der Waals surface area contributed by atoms with Gasteiger partial charge in [-0.15, -0.1) is 0 Å². The van der Waals surface area contributed by atoms with Crippen molar-refractivity contribution in [3.63, 3.8) is 0 Å². The van der Waals surface area contributed by atoms with Crippen LogP contribution in [0.25, 0.3) is 0 Å². The van der Waals surface area contributed by atoms with Gasteiger partial charge in [0.2, 0.25) is 5.91 Å². The molecule has 1 rings (SSSR count). The Bertz CT molecular complexity index is 194. The minimum absolute atomic E-state index is 0.0417. The zero-order chi connectivity index (χ0) is 10.6. The lowest BCUT2D eigenvalue weighted by atomic mass is 10.1. The summed E-state index contributed by atoms with van der Waals surface area (Å²) in [5.41, 5.74) is 5.45. The zero-order valence-corrected chi connectivity index (χ0v) is 9.12. The lowest BCUT2D eigenvalue weighted by molar-refractivity contribution is -0.122. The highest BCUT2D eigenvalue weighted by Gasteiger charge is 2.21. The number of nitrogens with one attached hydrogen (secondary N) is 1. The van der Waals surface area contributed by atoms with E-state index in [1.54, 1.807) is 6.92 Å². The summed E-state index contributed by atoms with van der Waals surface area (Å²) in [4.78, 5) is 13.6. The molecule has 3 N–H and O–H groups in total. The van der Waals surface area contributed by atoms with Crippen molar-refractivity contribution in [2.45, 2.75) is 26.3 Å². The van der Waals surface area contributed by atoms with Gasteiger partial charge in [-0.25, -0.2) is 0 Å². The van der Waals surface area contributed by atoms with Gasteiger partial charge in [0.25, 0.3) is 0 Å². The molecule has 1 heterocycles. The van der Waals surface area contributed by atoms with E-state index < -0.39 is 6.04 Å². The first-order valence-electron chi connectivity index (χ1n) is 5.39. The van der Waals surface area contributed by atoms with E-state index in [0.717, 1.165) is 26.2 Å². The van der Waals surface area contributed by atoms with Gasteiger partial charge in [0.15, 0.2) is 0 Å². The van der Waals surface area contributed by atoms with E-state index in [1.807, 2.05) is 0 Å². The third kappa shape index (κ3) is 3.27. The van der Waals surface area contributed by atoms with Crippen LogP contribution in [0.5, 0.6) is 0 Å². The summed E-state index contributed by atoms with van der Waals surface area (Å²) in [6.07, 6.45) is 1.19. The molecule has 0 aromatic carbocycles. The average Bonchev–Trinajstić information content (AvgIpc) is 2.61. The Hall–Kier alpha value is -0.610. The van der Waals surface area contributed by atoms with Crippen molar-refractivity contribution in [3.8, 4) is 0 Å². The summed E-state index contributed by atoms with van der Waals surface area (Å²) in [6, 6.07) is -0.390. The molecule has 14 heavy (non-hydrogen) atoms. The summed E-state index contributed by atoms with van der Waals surface area (Å²) in [6.45, 7) is 8.03. The Morgan fingerprint density at radius 2 is 2.43 bits per heavy atom. The monoisotopic (exact) mass is 199 g/mol. The third-order valence-corrected chi connectivity index (χ3v) is 2.80. The summed E-state index contributed by atoms with van der Waals surface area (Å²) in [7, 11) is 0. The molecule has 2 atom stereocenters. The molecule has 1 unspecified atom stereocenters. The molecule has 1 amide bonds. The first kappa shape index (κ1) is 11.5. The molecule has 0 spiro atoms. The average molecular weight is 199 g/mol. The third-order valence-electron chi connectivity index (χ3n) is 2.80. The fourth-order valence-electron chi connectivity index (χ4n) is 1.77. The molecule has 0 bridgehead atoms. The Balaban J connectivity index is 2.17. The molecule has 82 valence electrons. The van der Waals surface area contributed by atoms with Crippen LogP contribution < -0.4 is 11.1 Å². The van der Waals surface area contributed by atoms with Gasteiger partial charge in [-0.1, -0.05) is 6.92 Å². The van der Waals surface area contributed by atoms with Crippen LogP contribution in [0.4, 0.5) is 0 Å². The number of amides is 1. The predicted octanol–water partition coefficient (Wildman–Crippen LogP) is -0.208. The van der Waals surface area contributed by atoms with Crippen molar-refractivity contribution in [3.05, 3.63) is 0 Å². The molecule has 0 radical (unpaired) electrons. The lowest BCUT2D eigenvalue weighted by Crippen LogP contribution is -2.40. The van der Waals surface area contributed by atoms with E-state index in [1.165, 1.54) is 6.42 Å². The van der Waals surface area contributed by atoms with Gasteiger partial charge in [-0.05, 0) is 32.4 Å². The molecule has 1 aliphatic heterocycles. The smallest absolute Gasteiger partial charge is 0.236 e. The first-order valence-corrected chi connectivity index (χ1v) is 5.39. The summed E-state index contributed by atoms with van der Waals surface area (Å²) in [5, 5.41) is 2.88. The highest BCUT2D eigenvalue weighted by Crippen LogP contribution is 2.14. The van der Waals surface area contributed by atoms with Crippen LogP contribution in [0.1, 0.15) is 20.3 Å². The topological polar surface area (TPSA) is 58.4 Å². The highest BCUT2D eigenvalue weighted by atomic mass is 16.2. The Kier molecular flexibility index (Phi) is 4.35. The Morgan fingerprint density at radius 1 is 1.71 bits per heavy atom. The van der Waals surface area contributed by atoms with E-state index in [2.05, 4.69) is 17.1 Å². The fourth-order valence-corrected chi connectivity index (χ4v) is 1.77. The van der Waals surface area contributed by atoms with Gasteiger partial charge in [0.1, 0.15) is 0 Å². The molecule has 0 aliphatic carbocycles. The van der Waals surface area contributed by atoms with Crippen LogP contribution in [-0.4, -0.2) is 43.0 Å². The van der Waals surface area contributed by atoms with Crippen molar-refractivity contribution in [2.24, 2.45) is 11.7 Å². The van der Waals surface area contributed by atoms with E-state index in [0.29, 0.717) is 5.92 Å². The molecule has 4 heteroatoms. The van der Waals surface area contributed by atoms with Crippen LogP contribution in [0.15, 0.2) is 0 Å². The minimum Gasteiger partial charge on any atom is -0.354 e. The quantitative estimate of drug-likeness (QED) is 0.659. The van der Waals surface area contributed by atoms with Crippen LogP contribution >= 0.6 is 0 Å². The predicted molar refractivity (Wildman–Crippen MR) is 56.9 cm³/mol. The van der Waals surface area contributed by atoms with E-state index in [4.69, 9.17) is 5.73 Å². The molecule has 0 aromatic heterocycles. The summed E-state index contributed by atoms with van der Waals surface area (Å²) >= 11 is 0. The van der Waals surface area contributed by atoms with Gasteiger partial charge in [0, 0.05) is 13.1 Å². The number of nitrogens with zero attached hydrogens (tertiary/aromatic N) is 1. The van der Waals surface area contributed by atoms with Gasteiger partial charge < -0.3 is 16.0 Å². The summed E-state index contributed by atoms with van der Waals surface area (Å²) < 4.78 is 0. The Morgan fingerprint density at radius 3 is 2.93 bits per heavy atom. The number of likely N-dealkylation sites (tertiary alicyclic amines) is 1. The van der Waals surface area contributed by atoms with Crippen LogP contribution in [0.3, 0.4) is 0 Å². The minimum atomic E-state index is -0.390. The van der Waals surface area contributed by atoms with E-state index in [-0.39, 0.29) is 5.91 Å². The molecular formula is C10H21N3O. The number of nitrogens with two attached hydrogens (primary N) is 1. The maximum Gasteiger partial charge on any atom is 0.236 e. The van der Waals surface area contributed by atoms with Crippen LogP contribution in [0.2, 0.25) is 0 Å². The number of rotatable bonds is 4. The molecule has 1 fully saturated rings. The second-order valence-corrected chi connectivity index (χ2v) is 4.08. The Labute approximate surface area is 85.8 Å². The lowest BCUT2D eigenvalue weighted by Gasteiger charge is -2.14. The SMILES string of the molecule is CCN1CCC(CNC(=O)[C@@H](C)N)C1. The molecular weight excluding hydrogens is 178 g/mol. The normalized spacial score (nSPS) is 24.9. The van der Waals surface area contributed by atoms with Gasteiger partial charge in [-0.3, -0.25) is 4.79 Å². The van der Waals surface area contributed by atoms with Gasteiger partial charge >= 0.3 is 0 Å². The maximum atomic E-state index is 11.2. The second-order valence-electron chi connectivity index (χ2n) is 4.08. The first-order chi connectivity index (χ1) is 6.63. The van der Waals surface area contributed by atoms with E-state index in [9.17, 15) is 4.79 Å². The standard InChI is InChI=1S/C10H21N3O/c1-3-13-5-4-9(7-13)6-12-10(14)8(2)11/h8-9H,3-7,11H2,1-2H3,(H,12,14)/t8-,9?/m1/s1. The largest absolute Gasteiger partial charge is 0.354 e. The molecule has 0 aromatic rings. The fraction of sp³-hybridized carbons (Fsp3) is 0.900. The zero-order valence-electron chi connectivity index (χ0n) is 9.12. The van der Waals surface area contributed by atoms with Crippen molar-refractivity contribution in [1.82, 2.24) is 10.2 Å². The van der Waals surface area contributed by atoms with Gasteiger partial charge in [-0.2, -0.15) is 0 Å².